The van der Waals surface area contributed by atoms with Crippen LogP contribution in [0.15, 0.2) is 48.5 Å². The molecular weight excluding hydrogens is 246 g/mol. The first-order valence-corrected chi connectivity index (χ1v) is 6.72. The molecule has 0 aromatic heterocycles. The van der Waals surface area contributed by atoms with Gasteiger partial charge in [-0.2, -0.15) is 0 Å². The van der Waals surface area contributed by atoms with Gasteiger partial charge in [0.25, 0.3) is 0 Å². The van der Waals surface area contributed by atoms with E-state index in [-0.39, 0.29) is 0 Å². The van der Waals surface area contributed by atoms with Gasteiger partial charge in [0.05, 0.1) is 13.2 Å². The lowest BCUT2D eigenvalue weighted by Crippen LogP contribution is -2.12. The number of ether oxygens (including phenoxy) is 2. The number of hydrogen-bond acceptors (Lipinski definition) is 2. The maximum atomic E-state index is 5.79. The first kappa shape index (κ1) is 14.6. The van der Waals surface area contributed by atoms with Crippen molar-refractivity contribution < 1.29 is 9.47 Å². The summed E-state index contributed by atoms with van der Waals surface area (Å²) in [5, 5.41) is 0. The summed E-state index contributed by atoms with van der Waals surface area (Å²) in [6, 6.07) is 15.0. The van der Waals surface area contributed by atoms with Crippen molar-refractivity contribution in [2.45, 2.75) is 12.8 Å². The highest BCUT2D eigenvalue weighted by Crippen LogP contribution is 2.07. The number of benzene rings is 2. The van der Waals surface area contributed by atoms with Gasteiger partial charge in [-0.15, -0.1) is 0 Å². The lowest BCUT2D eigenvalue weighted by atomic mass is 9.95. The standard InChI is InChI=1S/C16H16B2O2/c17-13-7-1-3-9-15(13)19-11-5-6-12-20-16-10-4-2-8-14(16)18/h1-4,7-10H,5-6,11-12H2. The van der Waals surface area contributed by atoms with E-state index in [1.54, 1.807) is 0 Å². The Bertz CT molecular complexity index is 494. The smallest absolute Gasteiger partial charge is 0.119 e. The molecule has 20 heavy (non-hydrogen) atoms. The molecule has 0 spiro atoms. The largest absolute Gasteiger partial charge is 0.494 e. The van der Waals surface area contributed by atoms with Crippen molar-refractivity contribution in [2.24, 2.45) is 0 Å². The normalized spacial score (nSPS) is 10.2. The van der Waals surface area contributed by atoms with E-state index in [0.717, 1.165) is 24.3 Å². The second-order valence-corrected chi connectivity index (χ2v) is 4.48. The SMILES string of the molecule is [B]c1ccccc1OCCCCOc1ccccc1[B]. The molecule has 0 fully saturated rings. The molecular formula is C16H16B2O2. The van der Waals surface area contributed by atoms with Gasteiger partial charge in [0.2, 0.25) is 0 Å². The highest BCUT2D eigenvalue weighted by molar-refractivity contribution is 6.34. The number of unbranched alkanes of at least 4 members (excludes halogenated alkanes) is 1. The molecule has 98 valence electrons. The van der Waals surface area contributed by atoms with E-state index < -0.39 is 0 Å². The fourth-order valence-electron chi connectivity index (χ4n) is 1.79. The zero-order valence-electron chi connectivity index (χ0n) is 11.4. The van der Waals surface area contributed by atoms with Crippen LogP contribution >= 0.6 is 0 Å². The molecule has 0 saturated heterocycles. The molecule has 0 amide bonds. The zero-order chi connectivity index (χ0) is 14.2. The summed E-state index contributed by atoms with van der Waals surface area (Å²) in [5.41, 5.74) is 1.33. The summed E-state index contributed by atoms with van der Waals surface area (Å²) in [7, 11) is 11.6. The van der Waals surface area contributed by atoms with Crippen LogP contribution in [0.3, 0.4) is 0 Å². The summed E-state index contributed by atoms with van der Waals surface area (Å²) in [5.74, 6) is 1.47. The van der Waals surface area contributed by atoms with Gasteiger partial charge < -0.3 is 9.47 Å². The Hall–Kier alpha value is -1.83. The second-order valence-electron chi connectivity index (χ2n) is 4.48. The van der Waals surface area contributed by atoms with Gasteiger partial charge in [-0.1, -0.05) is 47.3 Å². The van der Waals surface area contributed by atoms with Crippen molar-refractivity contribution in [1.29, 1.82) is 0 Å². The van der Waals surface area contributed by atoms with E-state index >= 15 is 0 Å². The first-order chi connectivity index (χ1) is 9.77. The lowest BCUT2D eigenvalue weighted by Gasteiger charge is -2.10. The molecule has 0 aliphatic rings. The minimum absolute atomic E-state index is 0.627. The van der Waals surface area contributed by atoms with Gasteiger partial charge >= 0.3 is 0 Å². The Kier molecular flexibility index (Phi) is 5.60. The zero-order valence-corrected chi connectivity index (χ0v) is 11.4. The van der Waals surface area contributed by atoms with Crippen molar-refractivity contribution in [2.75, 3.05) is 13.2 Å². The maximum Gasteiger partial charge on any atom is 0.119 e. The van der Waals surface area contributed by atoms with E-state index in [1.165, 1.54) is 0 Å². The van der Waals surface area contributed by atoms with Crippen LogP contribution in [-0.2, 0) is 0 Å². The van der Waals surface area contributed by atoms with Gasteiger partial charge in [0, 0.05) is 0 Å². The van der Waals surface area contributed by atoms with Gasteiger partial charge in [0.15, 0.2) is 0 Å². The molecule has 0 saturated carbocycles. The fraction of sp³-hybridized carbons (Fsp3) is 0.250. The van der Waals surface area contributed by atoms with E-state index in [0.29, 0.717) is 24.1 Å². The third-order valence-electron chi connectivity index (χ3n) is 2.89. The molecule has 2 aromatic carbocycles. The van der Waals surface area contributed by atoms with Crippen molar-refractivity contribution in [1.82, 2.24) is 0 Å². The Balaban J connectivity index is 1.63. The van der Waals surface area contributed by atoms with Crippen molar-refractivity contribution in [3.63, 3.8) is 0 Å². The number of rotatable bonds is 7. The summed E-state index contributed by atoms with van der Waals surface area (Å²) < 4.78 is 11.2. The highest BCUT2D eigenvalue weighted by atomic mass is 16.5. The van der Waals surface area contributed by atoms with E-state index in [9.17, 15) is 0 Å². The molecule has 2 rings (SSSR count). The quantitative estimate of drug-likeness (QED) is 0.556. The third-order valence-corrected chi connectivity index (χ3v) is 2.89. The summed E-state index contributed by atoms with van der Waals surface area (Å²) in [6.45, 7) is 1.25. The molecule has 0 aliphatic carbocycles. The van der Waals surface area contributed by atoms with Crippen LogP contribution in [-0.4, -0.2) is 28.9 Å². The average molecular weight is 262 g/mol. The van der Waals surface area contributed by atoms with Crippen molar-refractivity contribution in [3.05, 3.63) is 48.5 Å². The van der Waals surface area contributed by atoms with Gasteiger partial charge in [-0.25, -0.2) is 0 Å². The topological polar surface area (TPSA) is 18.5 Å². The van der Waals surface area contributed by atoms with Crippen LogP contribution in [0.25, 0.3) is 0 Å². The lowest BCUT2D eigenvalue weighted by molar-refractivity contribution is 0.268. The minimum Gasteiger partial charge on any atom is -0.494 e. The van der Waals surface area contributed by atoms with Crippen LogP contribution in [0.4, 0.5) is 0 Å². The van der Waals surface area contributed by atoms with Gasteiger partial charge in [-0.05, 0) is 25.0 Å². The van der Waals surface area contributed by atoms with Crippen LogP contribution < -0.4 is 20.4 Å². The predicted molar refractivity (Wildman–Crippen MR) is 83.9 cm³/mol. The molecule has 0 aliphatic heterocycles. The third kappa shape index (κ3) is 4.37. The Morgan fingerprint density at radius 3 is 1.45 bits per heavy atom. The van der Waals surface area contributed by atoms with E-state index in [1.807, 2.05) is 48.5 Å². The molecule has 2 nitrogen and oxygen atoms in total. The number of para-hydroxylation sites is 2. The van der Waals surface area contributed by atoms with Crippen LogP contribution in [0.5, 0.6) is 11.5 Å². The summed E-state index contributed by atoms with van der Waals surface area (Å²) in [6.07, 6.45) is 1.81. The van der Waals surface area contributed by atoms with Crippen LogP contribution in [0.2, 0.25) is 0 Å². The van der Waals surface area contributed by atoms with E-state index in [4.69, 9.17) is 25.2 Å². The molecule has 0 bridgehead atoms. The highest BCUT2D eigenvalue weighted by Gasteiger charge is 1.99. The average Bonchev–Trinajstić information content (AvgIpc) is 2.46. The Morgan fingerprint density at radius 2 is 1.05 bits per heavy atom. The van der Waals surface area contributed by atoms with E-state index in [2.05, 4.69) is 0 Å². The number of hydrogen-bond donors (Lipinski definition) is 0. The Labute approximate surface area is 122 Å². The fourth-order valence-corrected chi connectivity index (χ4v) is 1.79. The molecule has 0 heterocycles. The first-order valence-electron chi connectivity index (χ1n) is 6.72. The minimum atomic E-state index is 0.627. The molecule has 4 radical (unpaired) electrons. The van der Waals surface area contributed by atoms with Gasteiger partial charge in [-0.3, -0.25) is 0 Å². The molecule has 0 unspecified atom stereocenters. The van der Waals surface area contributed by atoms with Crippen molar-refractivity contribution >= 4 is 26.6 Å². The summed E-state index contributed by atoms with van der Waals surface area (Å²) >= 11 is 0. The Morgan fingerprint density at radius 1 is 0.650 bits per heavy atom. The predicted octanol–water partition coefficient (Wildman–Crippen LogP) is 1.51. The molecule has 0 N–H and O–H groups in total. The molecule has 0 atom stereocenters. The van der Waals surface area contributed by atoms with Crippen molar-refractivity contribution in [3.8, 4) is 11.5 Å². The maximum absolute atomic E-state index is 5.79. The van der Waals surface area contributed by atoms with Crippen LogP contribution in [0, 0.1) is 0 Å². The van der Waals surface area contributed by atoms with Gasteiger partial charge in [0.1, 0.15) is 27.2 Å². The molecule has 2 aromatic rings. The molecule has 4 heteroatoms. The summed E-state index contributed by atoms with van der Waals surface area (Å²) in [4.78, 5) is 0. The monoisotopic (exact) mass is 262 g/mol. The van der Waals surface area contributed by atoms with Crippen LogP contribution in [0.1, 0.15) is 12.8 Å². The second kappa shape index (κ2) is 7.68.